The van der Waals surface area contributed by atoms with Crippen molar-refractivity contribution in [1.82, 2.24) is 0 Å². The second-order valence-electron chi connectivity index (χ2n) is 12.8. The third kappa shape index (κ3) is 9.17. The fourth-order valence-corrected chi connectivity index (χ4v) is 8.12. The second-order valence-corrected chi connectivity index (χ2v) is 13.9. The van der Waals surface area contributed by atoms with E-state index < -0.39 is 0 Å². The van der Waals surface area contributed by atoms with Crippen molar-refractivity contribution in [3.05, 3.63) is 214 Å². The van der Waals surface area contributed by atoms with E-state index in [0.717, 1.165) is 25.7 Å². The van der Waals surface area contributed by atoms with E-state index in [0.29, 0.717) is 0 Å². The molecule has 0 radical (unpaired) electrons. The molecule has 7 aromatic rings. The van der Waals surface area contributed by atoms with Gasteiger partial charge in [0.2, 0.25) is 0 Å². The highest BCUT2D eigenvalue weighted by Gasteiger charge is 2.16. The zero-order valence-corrected chi connectivity index (χ0v) is 28.4. The first-order chi connectivity index (χ1) is 24.3. The minimum atomic E-state index is 0. The summed E-state index contributed by atoms with van der Waals surface area (Å²) in [7, 11) is 0. The minimum absolute atomic E-state index is 0. The highest BCUT2D eigenvalue weighted by atomic mass is 32.2. The Labute approximate surface area is 324 Å². The van der Waals surface area contributed by atoms with Crippen LogP contribution in [0, 0.1) is 0 Å². The van der Waals surface area contributed by atoms with Gasteiger partial charge in [-0.15, -0.1) is 0 Å². The molecule has 4 aliphatic rings. The molecule has 268 valence electrons. The molecule has 0 fully saturated rings. The van der Waals surface area contributed by atoms with Crippen LogP contribution in [0.25, 0.3) is 34.1 Å². The Kier molecular flexibility index (Phi) is 14.4. The van der Waals surface area contributed by atoms with E-state index in [-0.39, 0.29) is 29.7 Å². The summed E-state index contributed by atoms with van der Waals surface area (Å²) in [5.41, 5.74) is 14.4. The molecule has 0 N–H and O–H groups in total. The molecule has 3 aliphatic carbocycles. The average Bonchev–Trinajstić information content (AvgIpc) is 3.92. The molecular formula is C52H54S. The smallest absolute Gasteiger partial charge is 0.0157 e. The number of fused-ring (bicyclic) bond motifs is 8. The van der Waals surface area contributed by atoms with Gasteiger partial charge < -0.3 is 0 Å². The summed E-state index contributed by atoms with van der Waals surface area (Å²) < 4.78 is 0. The van der Waals surface area contributed by atoms with E-state index in [9.17, 15) is 0 Å². The van der Waals surface area contributed by atoms with E-state index in [1.807, 2.05) is 11.8 Å². The summed E-state index contributed by atoms with van der Waals surface area (Å²) in [4.78, 5) is 2.82. The summed E-state index contributed by atoms with van der Waals surface area (Å²) in [5, 5.41) is 2.69. The van der Waals surface area contributed by atoms with Crippen LogP contribution in [0.3, 0.4) is 0 Å². The predicted molar refractivity (Wildman–Crippen MR) is 237 cm³/mol. The van der Waals surface area contributed by atoms with Crippen LogP contribution in [0.2, 0.25) is 0 Å². The topological polar surface area (TPSA) is 0 Å². The maximum absolute atomic E-state index is 2.30. The van der Waals surface area contributed by atoms with Gasteiger partial charge in [-0.1, -0.05) is 205 Å². The average molecular weight is 711 g/mol. The van der Waals surface area contributed by atoms with Crippen molar-refractivity contribution in [2.24, 2.45) is 0 Å². The van der Waals surface area contributed by atoms with Crippen molar-refractivity contribution in [1.29, 1.82) is 0 Å². The predicted octanol–water partition coefficient (Wildman–Crippen LogP) is 15.2. The molecular weight excluding hydrogens is 657 g/mol. The third-order valence-electron chi connectivity index (χ3n) is 9.58. The summed E-state index contributed by atoms with van der Waals surface area (Å²) in [5.74, 6) is 0. The van der Waals surface area contributed by atoms with Gasteiger partial charge >= 0.3 is 0 Å². The Morgan fingerprint density at radius 3 is 1.34 bits per heavy atom. The van der Waals surface area contributed by atoms with E-state index in [1.54, 1.807) is 0 Å². The molecule has 0 bridgehead atoms. The van der Waals surface area contributed by atoms with Crippen LogP contribution >= 0.6 is 11.8 Å². The van der Waals surface area contributed by atoms with Crippen LogP contribution in [-0.2, 0) is 25.7 Å². The maximum Gasteiger partial charge on any atom is 0.0157 e. The Morgan fingerprint density at radius 2 is 0.755 bits per heavy atom. The van der Waals surface area contributed by atoms with Gasteiger partial charge in [0.05, 0.1) is 0 Å². The van der Waals surface area contributed by atoms with E-state index in [1.165, 1.54) is 76.2 Å². The summed E-state index contributed by atoms with van der Waals surface area (Å²) in [6.07, 6.45) is 13.2. The molecule has 0 spiro atoms. The Bertz CT molecular complexity index is 2190. The van der Waals surface area contributed by atoms with Gasteiger partial charge in [0.1, 0.15) is 0 Å². The lowest BCUT2D eigenvalue weighted by atomic mass is 10.0. The summed E-state index contributed by atoms with van der Waals surface area (Å²) in [6, 6.07) is 56.2. The number of benzene rings is 7. The van der Waals surface area contributed by atoms with Crippen LogP contribution in [-0.4, -0.2) is 0 Å². The van der Waals surface area contributed by atoms with Gasteiger partial charge in [-0.2, -0.15) is 0 Å². The van der Waals surface area contributed by atoms with Crippen molar-refractivity contribution in [3.8, 4) is 11.1 Å². The van der Waals surface area contributed by atoms with Gasteiger partial charge in [-0.05, 0) is 110 Å². The highest BCUT2D eigenvalue weighted by Crippen LogP contribution is 2.39. The lowest BCUT2D eigenvalue weighted by Gasteiger charge is -2.17. The van der Waals surface area contributed by atoms with Crippen LogP contribution in [0.15, 0.2) is 180 Å². The van der Waals surface area contributed by atoms with Gasteiger partial charge in [-0.25, -0.2) is 0 Å². The molecule has 0 amide bonds. The fraction of sp³-hybridized carbons (Fsp3) is 0.154. The standard InChI is InChI=1S/C13H10S.2C13H10.C9H8.4CH4/c1-3-7-12-10(5-1)9-11-6-2-4-8-13(11)14-12;1-3-7-12-10(5-1)9-11-6-2-4-8-13(11)12;1-2-5-11-9-13-7-3-6-12(13)8-10(11)4-1;1-2-5-9-7-3-6-8(9)4-1;;;;/h1-8H,9H2;1-8H,9H2;1-6,8-9H,7H2;1-6H,7H2;4*1H4. The molecule has 1 aliphatic heterocycles. The maximum atomic E-state index is 2.30. The van der Waals surface area contributed by atoms with E-state index in [4.69, 9.17) is 0 Å². The Balaban J connectivity index is 0.000000155. The van der Waals surface area contributed by atoms with Crippen LogP contribution in [0.4, 0.5) is 0 Å². The molecule has 7 aromatic carbocycles. The molecule has 53 heavy (non-hydrogen) atoms. The normalized spacial score (nSPS) is 12.2. The number of hydrogen-bond donors (Lipinski definition) is 0. The zero-order chi connectivity index (χ0) is 32.8. The van der Waals surface area contributed by atoms with Crippen LogP contribution in [0.5, 0.6) is 0 Å². The molecule has 1 heterocycles. The summed E-state index contributed by atoms with van der Waals surface area (Å²) >= 11 is 1.88. The molecule has 0 nitrogen and oxygen atoms in total. The second kappa shape index (κ2) is 18.9. The van der Waals surface area contributed by atoms with Gasteiger partial charge in [0.15, 0.2) is 0 Å². The van der Waals surface area contributed by atoms with E-state index >= 15 is 0 Å². The lowest BCUT2D eigenvalue weighted by Crippen LogP contribution is -1.98. The molecule has 0 atom stereocenters. The number of allylic oxidation sites excluding steroid dienone is 2. The molecule has 0 aromatic heterocycles. The minimum Gasteiger partial charge on any atom is -0.0895 e. The highest BCUT2D eigenvalue weighted by molar-refractivity contribution is 7.99. The SMILES string of the molecule is C.C.C.C.C1=Cc2cc3ccccc3cc2C1.C1=Cc2ccccc2C1.c1ccc2c(c1)Cc1ccccc1-2.c1ccc2c(c1)Cc1ccccc1S2. The monoisotopic (exact) mass is 710 g/mol. The molecule has 0 saturated heterocycles. The first-order valence-electron chi connectivity index (χ1n) is 17.2. The zero-order valence-electron chi connectivity index (χ0n) is 27.6. The van der Waals surface area contributed by atoms with Crippen molar-refractivity contribution < 1.29 is 0 Å². The van der Waals surface area contributed by atoms with E-state index in [2.05, 4.69) is 182 Å². The lowest BCUT2D eigenvalue weighted by molar-refractivity contribution is 1.06. The first kappa shape index (κ1) is 40.4. The van der Waals surface area contributed by atoms with Crippen LogP contribution < -0.4 is 0 Å². The first-order valence-corrected chi connectivity index (χ1v) is 18.0. The molecule has 0 unspecified atom stereocenters. The molecule has 0 saturated carbocycles. The molecule has 11 rings (SSSR count). The van der Waals surface area contributed by atoms with Gasteiger partial charge in [0.25, 0.3) is 0 Å². The van der Waals surface area contributed by atoms with Crippen molar-refractivity contribution >= 4 is 34.7 Å². The van der Waals surface area contributed by atoms with Crippen molar-refractivity contribution in [3.63, 3.8) is 0 Å². The van der Waals surface area contributed by atoms with Crippen molar-refractivity contribution in [2.75, 3.05) is 0 Å². The molecule has 1 heteroatoms. The summed E-state index contributed by atoms with van der Waals surface area (Å²) in [6.45, 7) is 0. The Morgan fingerprint density at radius 1 is 0.340 bits per heavy atom. The largest absolute Gasteiger partial charge is 0.0895 e. The Hall–Kier alpha value is -5.37. The number of rotatable bonds is 0. The number of hydrogen-bond acceptors (Lipinski definition) is 1. The quantitative estimate of drug-likeness (QED) is 0.151. The van der Waals surface area contributed by atoms with Crippen molar-refractivity contribution in [2.45, 2.75) is 65.2 Å². The third-order valence-corrected chi connectivity index (χ3v) is 10.8. The van der Waals surface area contributed by atoms with Crippen LogP contribution in [0.1, 0.15) is 74.2 Å². The van der Waals surface area contributed by atoms with Gasteiger partial charge in [0, 0.05) is 9.79 Å². The fourth-order valence-electron chi connectivity index (χ4n) is 7.05. The van der Waals surface area contributed by atoms with Gasteiger partial charge in [-0.3, -0.25) is 0 Å².